The number of carbonyl (C=O) groups excluding carboxylic acids is 2. The highest BCUT2D eigenvalue weighted by molar-refractivity contribution is 6.36. The third-order valence-corrected chi connectivity index (χ3v) is 5.19. The summed E-state index contributed by atoms with van der Waals surface area (Å²) in [6.45, 7) is 3.38. The molecule has 0 spiro atoms. The number of non-ortho nitro benzene ring substituents is 1. The topological polar surface area (TPSA) is 111 Å². The Morgan fingerprint density at radius 2 is 1.76 bits per heavy atom. The van der Waals surface area contributed by atoms with Crippen molar-refractivity contribution >= 4 is 28.8 Å². The van der Waals surface area contributed by atoms with Crippen LogP contribution in [-0.2, 0) is 14.3 Å². The first-order valence-electron chi connectivity index (χ1n) is 10.8. The lowest BCUT2D eigenvalue weighted by atomic mass is 10.0. The molecule has 9 heteroatoms. The van der Waals surface area contributed by atoms with Crippen LogP contribution in [0.4, 0.5) is 11.4 Å². The maximum atomic E-state index is 13.2. The number of amides is 2. The molecule has 9 nitrogen and oxygen atoms in total. The van der Waals surface area contributed by atoms with Gasteiger partial charge in [0.2, 0.25) is 0 Å². The molecule has 1 N–H and O–H groups in total. The number of ether oxygens (including phenoxy) is 2. The number of nitrogens with zero attached hydrogens (tertiary/aromatic N) is 2. The standard InChI is InChI=1S/C24H27N3O6/c1-3-4-14-33-15-6-13-26-23(28)21(17-9-11-19(12-10-17)27(30)31)22(24(26)29)25-18-7-5-8-20(16-18)32-2/h5,7-12,16,25H,3-4,6,13-15H2,1-2H3. The van der Waals surface area contributed by atoms with Gasteiger partial charge in [-0.05, 0) is 42.7 Å². The summed E-state index contributed by atoms with van der Waals surface area (Å²) >= 11 is 0. The van der Waals surface area contributed by atoms with E-state index in [0.29, 0.717) is 36.6 Å². The van der Waals surface area contributed by atoms with E-state index >= 15 is 0 Å². The van der Waals surface area contributed by atoms with Gasteiger partial charge in [-0.3, -0.25) is 24.6 Å². The minimum absolute atomic E-state index is 0.0977. The molecule has 2 aromatic carbocycles. The largest absolute Gasteiger partial charge is 0.497 e. The van der Waals surface area contributed by atoms with E-state index < -0.39 is 16.7 Å². The molecule has 3 rings (SSSR count). The van der Waals surface area contributed by atoms with Crippen molar-refractivity contribution in [3.8, 4) is 5.75 Å². The molecule has 2 aromatic rings. The van der Waals surface area contributed by atoms with Crippen molar-refractivity contribution in [1.82, 2.24) is 4.90 Å². The van der Waals surface area contributed by atoms with E-state index in [2.05, 4.69) is 12.2 Å². The van der Waals surface area contributed by atoms with Crippen molar-refractivity contribution < 1.29 is 24.0 Å². The van der Waals surface area contributed by atoms with Gasteiger partial charge < -0.3 is 14.8 Å². The summed E-state index contributed by atoms with van der Waals surface area (Å²) in [4.78, 5) is 38.1. The summed E-state index contributed by atoms with van der Waals surface area (Å²) in [5.74, 6) is -0.312. The lowest BCUT2D eigenvalue weighted by Crippen LogP contribution is -2.34. The highest BCUT2D eigenvalue weighted by Gasteiger charge is 2.39. The first-order chi connectivity index (χ1) is 16.0. The number of rotatable bonds is 12. The SMILES string of the molecule is CCCCOCCCN1C(=O)C(Nc2cccc(OC)c2)=C(c2ccc([N+](=O)[O-])cc2)C1=O. The van der Waals surface area contributed by atoms with Gasteiger partial charge in [0.1, 0.15) is 11.4 Å². The number of hydrogen-bond donors (Lipinski definition) is 1. The third-order valence-electron chi connectivity index (χ3n) is 5.19. The average Bonchev–Trinajstić information content (AvgIpc) is 3.05. The molecule has 0 aliphatic carbocycles. The van der Waals surface area contributed by atoms with Gasteiger partial charge in [-0.1, -0.05) is 19.4 Å². The Morgan fingerprint density at radius 3 is 2.42 bits per heavy atom. The second kappa shape index (κ2) is 11.2. The fourth-order valence-corrected chi connectivity index (χ4v) is 3.43. The smallest absolute Gasteiger partial charge is 0.278 e. The molecule has 1 heterocycles. The average molecular weight is 453 g/mol. The Labute approximate surface area is 192 Å². The van der Waals surface area contributed by atoms with Crippen molar-refractivity contribution in [3.05, 3.63) is 69.9 Å². The molecule has 0 atom stereocenters. The molecule has 0 radical (unpaired) electrons. The summed E-state index contributed by atoms with van der Waals surface area (Å²) in [5.41, 5.74) is 1.19. The number of hydrogen-bond acceptors (Lipinski definition) is 7. The number of nitro benzene ring substituents is 1. The first kappa shape index (κ1) is 23.9. The maximum absolute atomic E-state index is 13.2. The Hall–Kier alpha value is -3.72. The minimum Gasteiger partial charge on any atom is -0.497 e. The Morgan fingerprint density at radius 1 is 1.03 bits per heavy atom. The molecule has 0 aromatic heterocycles. The van der Waals surface area contributed by atoms with Crippen LogP contribution in [0.25, 0.3) is 5.57 Å². The predicted octanol–water partition coefficient (Wildman–Crippen LogP) is 4.00. The van der Waals surface area contributed by atoms with Gasteiger partial charge >= 0.3 is 0 Å². The summed E-state index contributed by atoms with van der Waals surface area (Å²) in [6.07, 6.45) is 2.51. The van der Waals surface area contributed by atoms with E-state index in [1.165, 1.54) is 36.3 Å². The molecular weight excluding hydrogens is 426 g/mol. The van der Waals surface area contributed by atoms with Crippen LogP contribution in [0.5, 0.6) is 5.75 Å². The normalized spacial score (nSPS) is 13.6. The summed E-state index contributed by atoms with van der Waals surface area (Å²) in [7, 11) is 1.54. The number of imide groups is 1. The summed E-state index contributed by atoms with van der Waals surface area (Å²) in [5, 5.41) is 14.1. The van der Waals surface area contributed by atoms with Crippen LogP contribution < -0.4 is 10.1 Å². The molecule has 1 aliphatic rings. The quantitative estimate of drug-likeness (QED) is 0.224. The Kier molecular flexibility index (Phi) is 8.15. The molecule has 0 bridgehead atoms. The second-order valence-corrected chi connectivity index (χ2v) is 7.49. The van der Waals surface area contributed by atoms with Crippen LogP contribution in [0.1, 0.15) is 31.7 Å². The van der Waals surface area contributed by atoms with Crippen molar-refractivity contribution in [2.24, 2.45) is 0 Å². The molecule has 0 unspecified atom stereocenters. The second-order valence-electron chi connectivity index (χ2n) is 7.49. The van der Waals surface area contributed by atoms with Crippen LogP contribution in [0.15, 0.2) is 54.2 Å². The monoisotopic (exact) mass is 453 g/mol. The van der Waals surface area contributed by atoms with Crippen LogP contribution in [0.3, 0.4) is 0 Å². The number of carbonyl (C=O) groups is 2. The van der Waals surface area contributed by atoms with E-state index in [4.69, 9.17) is 9.47 Å². The van der Waals surface area contributed by atoms with Crippen LogP contribution in [-0.4, -0.2) is 48.5 Å². The van der Waals surface area contributed by atoms with Gasteiger partial charge in [-0.2, -0.15) is 0 Å². The van der Waals surface area contributed by atoms with E-state index in [-0.39, 0.29) is 23.5 Å². The molecule has 33 heavy (non-hydrogen) atoms. The van der Waals surface area contributed by atoms with Crippen molar-refractivity contribution in [2.75, 3.05) is 32.2 Å². The molecule has 1 aliphatic heterocycles. The summed E-state index contributed by atoms with van der Waals surface area (Å²) in [6, 6.07) is 12.6. The van der Waals surface area contributed by atoms with Crippen LogP contribution in [0.2, 0.25) is 0 Å². The van der Waals surface area contributed by atoms with Gasteiger partial charge in [0.25, 0.3) is 17.5 Å². The zero-order valence-electron chi connectivity index (χ0n) is 18.7. The van der Waals surface area contributed by atoms with E-state index in [9.17, 15) is 19.7 Å². The molecule has 0 saturated carbocycles. The van der Waals surface area contributed by atoms with Gasteiger partial charge in [-0.25, -0.2) is 0 Å². The van der Waals surface area contributed by atoms with Crippen molar-refractivity contribution in [1.29, 1.82) is 0 Å². The van der Waals surface area contributed by atoms with Crippen molar-refractivity contribution in [3.63, 3.8) is 0 Å². The van der Waals surface area contributed by atoms with E-state index in [1.54, 1.807) is 24.3 Å². The minimum atomic E-state index is -0.514. The summed E-state index contributed by atoms with van der Waals surface area (Å²) < 4.78 is 10.8. The molecule has 0 fully saturated rings. The zero-order chi connectivity index (χ0) is 23.8. The predicted molar refractivity (Wildman–Crippen MR) is 124 cm³/mol. The Balaban J connectivity index is 1.87. The van der Waals surface area contributed by atoms with Crippen molar-refractivity contribution in [2.45, 2.75) is 26.2 Å². The fourth-order valence-electron chi connectivity index (χ4n) is 3.43. The van der Waals surface area contributed by atoms with E-state index in [0.717, 1.165) is 12.8 Å². The lowest BCUT2D eigenvalue weighted by Gasteiger charge is -2.15. The maximum Gasteiger partial charge on any atom is 0.278 e. The number of nitrogens with one attached hydrogen (secondary N) is 1. The number of nitro groups is 1. The fraction of sp³-hybridized carbons (Fsp3) is 0.333. The number of benzene rings is 2. The van der Waals surface area contributed by atoms with E-state index in [1.807, 2.05) is 0 Å². The number of methoxy groups -OCH3 is 1. The third kappa shape index (κ3) is 5.75. The van der Waals surface area contributed by atoms with Crippen LogP contribution >= 0.6 is 0 Å². The molecule has 0 saturated heterocycles. The highest BCUT2D eigenvalue weighted by atomic mass is 16.6. The van der Waals surface area contributed by atoms with Gasteiger partial charge in [0.05, 0.1) is 17.6 Å². The Bertz CT molecular complexity index is 1050. The number of anilines is 1. The zero-order valence-corrected chi connectivity index (χ0v) is 18.7. The van der Waals surface area contributed by atoms with Gasteiger partial charge in [-0.15, -0.1) is 0 Å². The van der Waals surface area contributed by atoms with Gasteiger partial charge in [0.15, 0.2) is 0 Å². The van der Waals surface area contributed by atoms with Gasteiger partial charge in [0, 0.05) is 43.6 Å². The lowest BCUT2D eigenvalue weighted by molar-refractivity contribution is -0.384. The molecule has 2 amide bonds. The molecule has 174 valence electrons. The first-order valence-corrected chi connectivity index (χ1v) is 10.8. The highest BCUT2D eigenvalue weighted by Crippen LogP contribution is 2.32. The van der Waals surface area contributed by atoms with Crippen LogP contribution in [0, 0.1) is 10.1 Å². The number of unbranched alkanes of at least 4 members (excludes halogenated alkanes) is 1. The molecular formula is C24H27N3O6.